The summed E-state index contributed by atoms with van der Waals surface area (Å²) in [6.07, 6.45) is 3.50. The van der Waals surface area contributed by atoms with E-state index >= 15 is 0 Å². The molecule has 4 aromatic rings. The number of benzene rings is 1. The summed E-state index contributed by atoms with van der Waals surface area (Å²) >= 11 is 9.61. The van der Waals surface area contributed by atoms with Gasteiger partial charge < -0.3 is 19.9 Å². The number of fused-ring (bicyclic) bond motifs is 1. The van der Waals surface area contributed by atoms with E-state index in [2.05, 4.69) is 46.2 Å². The molecule has 1 aliphatic heterocycles. The molecule has 9 nitrogen and oxygen atoms in total. The number of aromatic amines is 1. The molecular formula is C19H18BrClN8O. The number of aromatic nitrogens is 6. The van der Waals surface area contributed by atoms with Crippen molar-refractivity contribution in [3.05, 3.63) is 52.0 Å². The van der Waals surface area contributed by atoms with Crippen LogP contribution in [0.5, 0.6) is 0 Å². The second-order valence-corrected chi connectivity index (χ2v) is 8.07. The fourth-order valence-corrected chi connectivity index (χ4v) is 3.82. The summed E-state index contributed by atoms with van der Waals surface area (Å²) in [4.78, 5) is 19.3. The van der Waals surface area contributed by atoms with Crippen molar-refractivity contribution in [2.24, 2.45) is 0 Å². The molecule has 3 aromatic heterocycles. The van der Waals surface area contributed by atoms with Crippen molar-refractivity contribution < 1.29 is 4.74 Å². The zero-order valence-electron chi connectivity index (χ0n) is 15.8. The molecular weight excluding hydrogens is 472 g/mol. The Hall–Kier alpha value is -2.69. The standard InChI is InChI=1S/C19H18BrClN8O/c20-14-9-24-29-17(14)26-19(28-4-6-30-7-5-28)27-18(29)23-11-16-22-10-15(25-16)12-2-1-3-13(21)8-12/h1-3,8-10H,4-7,11H2,(H,22,25)(H,23,26,27). The number of imidazole rings is 1. The van der Waals surface area contributed by atoms with E-state index in [4.69, 9.17) is 21.3 Å². The van der Waals surface area contributed by atoms with Crippen LogP contribution in [-0.4, -0.2) is 55.9 Å². The second-order valence-electron chi connectivity index (χ2n) is 6.78. The number of halogens is 2. The first-order valence-corrected chi connectivity index (χ1v) is 10.6. The first kappa shape index (κ1) is 19.3. The van der Waals surface area contributed by atoms with Crippen LogP contribution in [-0.2, 0) is 11.3 Å². The third-order valence-corrected chi connectivity index (χ3v) is 5.58. The second kappa shape index (κ2) is 8.21. The van der Waals surface area contributed by atoms with Gasteiger partial charge in [0, 0.05) is 23.7 Å². The molecule has 0 atom stereocenters. The molecule has 0 saturated carbocycles. The molecule has 5 rings (SSSR count). The SMILES string of the molecule is Clc1cccc(-c2cnc(CNc3nc(N4CCOCC4)nc4c(Br)cnn34)[nH]2)c1. The maximum atomic E-state index is 6.09. The molecule has 154 valence electrons. The molecule has 0 aliphatic carbocycles. The summed E-state index contributed by atoms with van der Waals surface area (Å²) in [6, 6.07) is 7.64. The molecule has 1 fully saturated rings. The summed E-state index contributed by atoms with van der Waals surface area (Å²) in [7, 11) is 0. The van der Waals surface area contributed by atoms with Gasteiger partial charge in [-0.25, -0.2) is 4.98 Å². The Morgan fingerprint density at radius 2 is 2.07 bits per heavy atom. The zero-order chi connectivity index (χ0) is 20.5. The smallest absolute Gasteiger partial charge is 0.230 e. The molecule has 2 N–H and O–H groups in total. The van der Waals surface area contributed by atoms with Gasteiger partial charge in [0.2, 0.25) is 11.9 Å². The van der Waals surface area contributed by atoms with E-state index in [-0.39, 0.29) is 0 Å². The highest BCUT2D eigenvalue weighted by atomic mass is 79.9. The topological polar surface area (TPSA) is 96.3 Å². The van der Waals surface area contributed by atoms with Gasteiger partial charge >= 0.3 is 0 Å². The van der Waals surface area contributed by atoms with Gasteiger partial charge in [-0.15, -0.1) is 0 Å². The van der Waals surface area contributed by atoms with Crippen molar-refractivity contribution >= 4 is 45.1 Å². The van der Waals surface area contributed by atoms with E-state index in [1.54, 1.807) is 16.9 Å². The van der Waals surface area contributed by atoms with Crippen molar-refractivity contribution in [1.82, 2.24) is 29.5 Å². The van der Waals surface area contributed by atoms with Crippen molar-refractivity contribution in [1.29, 1.82) is 0 Å². The molecule has 4 heterocycles. The first-order valence-electron chi connectivity index (χ1n) is 9.45. The monoisotopic (exact) mass is 488 g/mol. The van der Waals surface area contributed by atoms with Crippen LogP contribution in [0.4, 0.5) is 11.9 Å². The number of H-pyrrole nitrogens is 1. The van der Waals surface area contributed by atoms with Crippen LogP contribution < -0.4 is 10.2 Å². The van der Waals surface area contributed by atoms with Gasteiger partial charge in [0.15, 0.2) is 5.65 Å². The Kier molecular flexibility index (Phi) is 5.28. The molecule has 0 amide bonds. The van der Waals surface area contributed by atoms with Crippen LogP contribution in [0.25, 0.3) is 16.9 Å². The van der Waals surface area contributed by atoms with E-state index in [1.807, 2.05) is 24.3 Å². The number of nitrogens with one attached hydrogen (secondary N) is 2. The third kappa shape index (κ3) is 3.85. The maximum absolute atomic E-state index is 6.09. The molecule has 0 unspecified atom stereocenters. The van der Waals surface area contributed by atoms with Crippen molar-refractivity contribution in [2.75, 3.05) is 36.5 Å². The van der Waals surface area contributed by atoms with Gasteiger partial charge in [-0.1, -0.05) is 23.7 Å². The average molecular weight is 490 g/mol. The summed E-state index contributed by atoms with van der Waals surface area (Å²) in [6.45, 7) is 3.28. The van der Waals surface area contributed by atoms with E-state index in [0.29, 0.717) is 42.3 Å². The summed E-state index contributed by atoms with van der Waals surface area (Å²) < 4.78 is 7.92. The Morgan fingerprint density at radius 3 is 2.90 bits per heavy atom. The maximum Gasteiger partial charge on any atom is 0.230 e. The van der Waals surface area contributed by atoms with Gasteiger partial charge in [-0.3, -0.25) is 0 Å². The van der Waals surface area contributed by atoms with E-state index < -0.39 is 0 Å². The number of hydrogen-bond acceptors (Lipinski definition) is 7. The van der Waals surface area contributed by atoms with E-state index in [1.165, 1.54) is 0 Å². The van der Waals surface area contributed by atoms with Crippen LogP contribution in [0.3, 0.4) is 0 Å². The van der Waals surface area contributed by atoms with Gasteiger partial charge in [0.05, 0.1) is 42.3 Å². The highest BCUT2D eigenvalue weighted by Crippen LogP contribution is 2.23. The molecule has 1 aliphatic rings. The van der Waals surface area contributed by atoms with Gasteiger partial charge in [-0.2, -0.15) is 19.6 Å². The van der Waals surface area contributed by atoms with Crippen LogP contribution in [0.1, 0.15) is 5.82 Å². The van der Waals surface area contributed by atoms with Gasteiger partial charge in [-0.05, 0) is 28.1 Å². The number of hydrogen-bond donors (Lipinski definition) is 2. The minimum absolute atomic E-state index is 0.451. The van der Waals surface area contributed by atoms with Crippen molar-refractivity contribution in [3.63, 3.8) is 0 Å². The number of anilines is 2. The number of morpholine rings is 1. The summed E-state index contributed by atoms with van der Waals surface area (Å²) in [5.41, 5.74) is 2.59. The molecule has 0 spiro atoms. The van der Waals surface area contributed by atoms with Crippen molar-refractivity contribution in [2.45, 2.75) is 6.54 Å². The lowest BCUT2D eigenvalue weighted by molar-refractivity contribution is 0.122. The van der Waals surface area contributed by atoms with Crippen LogP contribution in [0.2, 0.25) is 5.02 Å². The fraction of sp³-hybridized carbons (Fsp3) is 0.263. The Labute approximate surface area is 185 Å². The van der Waals surface area contributed by atoms with E-state index in [0.717, 1.165) is 34.6 Å². The lowest BCUT2D eigenvalue weighted by atomic mass is 10.2. The van der Waals surface area contributed by atoms with Crippen molar-refractivity contribution in [3.8, 4) is 11.3 Å². The minimum Gasteiger partial charge on any atom is -0.378 e. The third-order valence-electron chi connectivity index (χ3n) is 4.79. The number of nitrogens with zero attached hydrogens (tertiary/aromatic N) is 6. The predicted molar refractivity (Wildman–Crippen MR) is 118 cm³/mol. The van der Waals surface area contributed by atoms with Crippen LogP contribution in [0, 0.1) is 0 Å². The molecule has 1 aromatic carbocycles. The highest BCUT2D eigenvalue weighted by Gasteiger charge is 2.18. The molecule has 0 radical (unpaired) electrons. The highest BCUT2D eigenvalue weighted by molar-refractivity contribution is 9.10. The quantitative estimate of drug-likeness (QED) is 0.444. The largest absolute Gasteiger partial charge is 0.378 e. The first-order chi connectivity index (χ1) is 14.7. The minimum atomic E-state index is 0.451. The number of rotatable bonds is 5. The van der Waals surface area contributed by atoms with Gasteiger partial charge in [0.25, 0.3) is 0 Å². The lowest BCUT2D eigenvalue weighted by Crippen LogP contribution is -2.37. The van der Waals surface area contributed by atoms with E-state index in [9.17, 15) is 0 Å². The summed E-state index contributed by atoms with van der Waals surface area (Å²) in [5.74, 6) is 2.01. The molecule has 11 heteroatoms. The Bertz CT molecular complexity index is 1190. The fourth-order valence-electron chi connectivity index (χ4n) is 3.28. The lowest BCUT2D eigenvalue weighted by Gasteiger charge is -2.27. The Morgan fingerprint density at radius 1 is 1.20 bits per heavy atom. The van der Waals surface area contributed by atoms with Crippen LogP contribution in [0.15, 0.2) is 41.1 Å². The zero-order valence-corrected chi connectivity index (χ0v) is 18.2. The Balaban J connectivity index is 1.40. The average Bonchev–Trinajstić information content (AvgIpc) is 3.40. The van der Waals surface area contributed by atoms with Gasteiger partial charge in [0.1, 0.15) is 5.82 Å². The number of ether oxygens (including phenoxy) is 1. The molecule has 0 bridgehead atoms. The molecule has 30 heavy (non-hydrogen) atoms. The molecule has 1 saturated heterocycles. The van der Waals surface area contributed by atoms with Crippen LogP contribution >= 0.6 is 27.5 Å². The summed E-state index contributed by atoms with van der Waals surface area (Å²) in [5, 5.41) is 8.38. The normalized spacial score (nSPS) is 14.4. The predicted octanol–water partition coefficient (Wildman–Crippen LogP) is 3.38.